The second-order valence-corrected chi connectivity index (χ2v) is 6.10. The molecule has 0 aliphatic heterocycles. The Bertz CT molecular complexity index is 502. The van der Waals surface area contributed by atoms with E-state index in [-0.39, 0.29) is 11.4 Å². The van der Waals surface area contributed by atoms with Gasteiger partial charge in [-0.1, -0.05) is 0 Å². The van der Waals surface area contributed by atoms with Gasteiger partial charge in [-0.05, 0) is 37.1 Å². The van der Waals surface area contributed by atoms with E-state index >= 15 is 0 Å². The molecule has 0 fully saturated rings. The number of methoxy groups -OCH3 is 1. The Kier molecular flexibility index (Phi) is 4.72. The van der Waals surface area contributed by atoms with Crippen LogP contribution in [0.25, 0.3) is 0 Å². The molecule has 0 amide bonds. The molecule has 0 spiro atoms. The van der Waals surface area contributed by atoms with Crippen molar-refractivity contribution in [2.75, 3.05) is 27.3 Å². The number of hydrogen-bond donors (Lipinski definition) is 0. The molecule has 0 saturated heterocycles. The smallest absolute Gasteiger partial charge is 0.243 e. The van der Waals surface area contributed by atoms with E-state index in [1.165, 1.54) is 14.2 Å². The normalized spacial score (nSPS) is 11.9. The van der Waals surface area contributed by atoms with Crippen LogP contribution in [0.1, 0.15) is 11.1 Å². The predicted octanol–water partition coefficient (Wildman–Crippen LogP) is 1.36. The average Bonchev–Trinajstić information content (AvgIpc) is 2.27. The van der Waals surface area contributed by atoms with Crippen LogP contribution < -0.4 is 4.74 Å². The molecule has 1 aromatic carbocycles. The van der Waals surface area contributed by atoms with Crippen molar-refractivity contribution in [2.45, 2.75) is 18.7 Å². The molecule has 0 unspecified atom stereocenters. The van der Waals surface area contributed by atoms with Crippen molar-refractivity contribution in [2.24, 2.45) is 0 Å². The lowest BCUT2D eigenvalue weighted by Crippen LogP contribution is -2.30. The van der Waals surface area contributed by atoms with E-state index in [0.29, 0.717) is 16.9 Å². The molecule has 18 heavy (non-hydrogen) atoms. The highest BCUT2D eigenvalue weighted by Gasteiger charge is 2.25. The van der Waals surface area contributed by atoms with Crippen molar-refractivity contribution < 1.29 is 18.3 Å². The highest BCUT2D eigenvalue weighted by molar-refractivity contribution is 7.89. The lowest BCUT2D eigenvalue weighted by Gasteiger charge is -2.19. The maximum absolute atomic E-state index is 12.3. The minimum Gasteiger partial charge on any atom is -0.497 e. The Labute approximate surface area is 108 Å². The first-order chi connectivity index (χ1) is 8.34. The van der Waals surface area contributed by atoms with Gasteiger partial charge >= 0.3 is 0 Å². The molecule has 0 aliphatic carbocycles. The number of hydrogen-bond acceptors (Lipinski definition) is 3. The molecule has 0 saturated carbocycles. The fourth-order valence-electron chi connectivity index (χ4n) is 1.84. The standard InChI is InChI=1S/C12H18NO4S/c1-9-7-11(17-4)8-10(2)12(9)18(15,16)13(3)5-6-14/h7-8H,5-6H2,1-4H3. The Morgan fingerprint density at radius 3 is 2.11 bits per heavy atom. The zero-order valence-corrected chi connectivity index (χ0v) is 11.9. The summed E-state index contributed by atoms with van der Waals surface area (Å²) in [6.07, 6.45) is 0. The van der Waals surface area contributed by atoms with E-state index in [9.17, 15) is 13.5 Å². The molecule has 6 heteroatoms. The minimum absolute atomic E-state index is 0.0345. The third-order valence-corrected chi connectivity index (χ3v) is 4.91. The first kappa shape index (κ1) is 14.9. The van der Waals surface area contributed by atoms with Gasteiger partial charge in [0.05, 0.1) is 18.6 Å². The van der Waals surface area contributed by atoms with Crippen LogP contribution in [0.4, 0.5) is 0 Å². The second kappa shape index (κ2) is 5.69. The van der Waals surface area contributed by atoms with E-state index in [4.69, 9.17) is 4.74 Å². The third-order valence-electron chi connectivity index (χ3n) is 2.74. The van der Waals surface area contributed by atoms with Gasteiger partial charge in [0.15, 0.2) is 0 Å². The van der Waals surface area contributed by atoms with Gasteiger partial charge in [-0.3, -0.25) is 0 Å². The van der Waals surface area contributed by atoms with Crippen molar-refractivity contribution in [1.82, 2.24) is 4.31 Å². The van der Waals surface area contributed by atoms with Crippen LogP contribution >= 0.6 is 0 Å². The maximum atomic E-state index is 12.3. The van der Waals surface area contributed by atoms with Crippen LogP contribution in [0.3, 0.4) is 0 Å². The van der Waals surface area contributed by atoms with E-state index < -0.39 is 16.6 Å². The molecule has 0 aliphatic rings. The molecule has 101 valence electrons. The quantitative estimate of drug-likeness (QED) is 0.813. The van der Waals surface area contributed by atoms with Crippen molar-refractivity contribution >= 4 is 10.0 Å². The highest BCUT2D eigenvalue weighted by atomic mass is 32.2. The summed E-state index contributed by atoms with van der Waals surface area (Å²) in [5.41, 5.74) is 1.23. The van der Waals surface area contributed by atoms with Crippen LogP contribution in [0.5, 0.6) is 5.75 Å². The minimum atomic E-state index is -3.61. The summed E-state index contributed by atoms with van der Waals surface area (Å²) in [6.45, 7) is 2.94. The van der Waals surface area contributed by atoms with Gasteiger partial charge in [-0.2, -0.15) is 4.31 Å². The van der Waals surface area contributed by atoms with E-state index in [1.807, 2.05) is 0 Å². The zero-order valence-electron chi connectivity index (χ0n) is 11.1. The molecular weight excluding hydrogens is 254 g/mol. The number of benzene rings is 1. The molecule has 1 radical (unpaired) electrons. The summed E-state index contributed by atoms with van der Waals surface area (Å²) in [5.74, 6) is 0.621. The van der Waals surface area contributed by atoms with Crippen LogP contribution in [0, 0.1) is 13.8 Å². The Morgan fingerprint density at radius 1 is 1.22 bits per heavy atom. The lowest BCUT2D eigenvalue weighted by atomic mass is 10.1. The van der Waals surface area contributed by atoms with Crippen molar-refractivity contribution in [3.63, 3.8) is 0 Å². The van der Waals surface area contributed by atoms with Gasteiger partial charge in [0.25, 0.3) is 0 Å². The summed E-state index contributed by atoms with van der Waals surface area (Å²) >= 11 is 0. The Hall–Kier alpha value is -1.11. The summed E-state index contributed by atoms with van der Waals surface area (Å²) in [6, 6.07) is 3.34. The number of rotatable bonds is 5. The molecule has 0 N–H and O–H groups in total. The molecule has 1 aromatic rings. The van der Waals surface area contributed by atoms with Gasteiger partial charge in [0.1, 0.15) is 5.75 Å². The lowest BCUT2D eigenvalue weighted by molar-refractivity contribution is 0.178. The zero-order chi connectivity index (χ0) is 13.9. The van der Waals surface area contributed by atoms with Crippen LogP contribution in [-0.2, 0) is 15.1 Å². The number of nitrogens with zero attached hydrogens (tertiary/aromatic N) is 1. The predicted molar refractivity (Wildman–Crippen MR) is 67.8 cm³/mol. The molecular formula is C12H18NO4S. The molecule has 1 rings (SSSR count). The SMILES string of the molecule is COc1cc(C)c(S(=O)(=O)N(C)CC[O])c(C)c1. The fraction of sp³-hybridized carbons (Fsp3) is 0.500. The van der Waals surface area contributed by atoms with E-state index in [2.05, 4.69) is 0 Å². The van der Waals surface area contributed by atoms with E-state index in [0.717, 1.165) is 4.31 Å². The highest BCUT2D eigenvalue weighted by Crippen LogP contribution is 2.27. The summed E-state index contributed by atoms with van der Waals surface area (Å²) in [5, 5.41) is 10.6. The van der Waals surface area contributed by atoms with Crippen LogP contribution in [-0.4, -0.2) is 40.0 Å². The third kappa shape index (κ3) is 2.82. The summed E-state index contributed by atoms with van der Waals surface area (Å²) in [7, 11) is -0.663. The van der Waals surface area contributed by atoms with E-state index in [1.54, 1.807) is 26.0 Å². The Balaban J connectivity index is 3.33. The monoisotopic (exact) mass is 272 g/mol. The fourth-order valence-corrected chi connectivity index (χ4v) is 3.40. The largest absolute Gasteiger partial charge is 0.497 e. The molecule has 0 atom stereocenters. The number of aryl methyl sites for hydroxylation is 2. The molecule has 0 aromatic heterocycles. The van der Waals surface area contributed by atoms with Crippen molar-refractivity contribution in [1.29, 1.82) is 0 Å². The summed E-state index contributed by atoms with van der Waals surface area (Å²) in [4.78, 5) is 0.249. The number of sulfonamides is 1. The maximum Gasteiger partial charge on any atom is 0.243 e. The van der Waals surface area contributed by atoms with Gasteiger partial charge in [-0.15, -0.1) is 0 Å². The van der Waals surface area contributed by atoms with Gasteiger partial charge in [-0.25, -0.2) is 13.5 Å². The Morgan fingerprint density at radius 2 is 1.72 bits per heavy atom. The molecule has 0 bridgehead atoms. The first-order valence-corrected chi connectivity index (χ1v) is 6.98. The van der Waals surface area contributed by atoms with Gasteiger partial charge in [0.2, 0.25) is 10.0 Å². The number of likely N-dealkylation sites (N-methyl/N-ethyl adjacent to an activating group) is 1. The van der Waals surface area contributed by atoms with Crippen LogP contribution in [0.2, 0.25) is 0 Å². The van der Waals surface area contributed by atoms with Crippen molar-refractivity contribution in [3.8, 4) is 5.75 Å². The summed E-state index contributed by atoms with van der Waals surface area (Å²) < 4.78 is 30.8. The first-order valence-electron chi connectivity index (χ1n) is 5.54. The van der Waals surface area contributed by atoms with Gasteiger partial charge < -0.3 is 4.74 Å². The molecule has 0 heterocycles. The van der Waals surface area contributed by atoms with Crippen LogP contribution in [0.15, 0.2) is 17.0 Å². The van der Waals surface area contributed by atoms with Gasteiger partial charge in [0, 0.05) is 13.6 Å². The topological polar surface area (TPSA) is 66.5 Å². The van der Waals surface area contributed by atoms with Crippen molar-refractivity contribution in [3.05, 3.63) is 23.3 Å². The number of ether oxygens (including phenoxy) is 1. The molecule has 5 nitrogen and oxygen atoms in total. The average molecular weight is 272 g/mol. The second-order valence-electron chi connectivity index (χ2n) is 4.12.